The van der Waals surface area contributed by atoms with E-state index in [0.29, 0.717) is 26.3 Å². The molecule has 1 atom stereocenters. The maximum Gasteiger partial charge on any atom is 0.328 e. The fourth-order valence-electron chi connectivity index (χ4n) is 2.18. The molecule has 1 fully saturated rings. The predicted molar refractivity (Wildman–Crippen MR) is 96.0 cm³/mol. The first-order chi connectivity index (χ1) is 11.4. The molecule has 2 rings (SSSR count). The van der Waals surface area contributed by atoms with Crippen LogP contribution in [-0.2, 0) is 14.3 Å². The minimum Gasteiger partial charge on any atom is -0.497 e. The third kappa shape index (κ3) is 3.54. The van der Waals surface area contributed by atoms with Gasteiger partial charge in [0.25, 0.3) is 5.91 Å². The van der Waals surface area contributed by atoms with Gasteiger partial charge in [-0.15, -0.1) is 0 Å². The molecule has 1 heterocycles. The summed E-state index contributed by atoms with van der Waals surface area (Å²) in [7, 11) is 4.38. The highest BCUT2D eigenvalue weighted by Crippen LogP contribution is 2.36. The minimum absolute atomic E-state index is 0.311. The lowest BCUT2D eigenvalue weighted by molar-refractivity contribution is -0.147. The molecule has 8 heteroatoms. The quantitative estimate of drug-likeness (QED) is 0.450. The molecule has 1 amide bonds. The molecule has 1 aliphatic rings. The van der Waals surface area contributed by atoms with E-state index in [4.69, 9.17) is 21.7 Å². The Kier molecular flexibility index (Phi) is 5.84. The summed E-state index contributed by atoms with van der Waals surface area (Å²) in [6, 6.07) is 4.50. The molecule has 0 aromatic heterocycles. The van der Waals surface area contributed by atoms with Crippen LogP contribution in [0, 0.1) is 0 Å². The molecule has 0 spiro atoms. The molecule has 6 nitrogen and oxygen atoms in total. The van der Waals surface area contributed by atoms with Crippen LogP contribution in [0.25, 0.3) is 6.08 Å². The zero-order chi connectivity index (χ0) is 17.9. The molecular weight excluding hydrogens is 350 g/mol. The average Bonchev–Trinajstić information content (AvgIpc) is 2.87. The first-order valence-electron chi connectivity index (χ1n) is 6.99. The van der Waals surface area contributed by atoms with Crippen molar-refractivity contribution in [2.45, 2.75) is 13.0 Å². The summed E-state index contributed by atoms with van der Waals surface area (Å²) >= 11 is 6.36. The largest absolute Gasteiger partial charge is 0.497 e. The number of carbonyl (C=O) groups excluding carboxylic acids is 2. The van der Waals surface area contributed by atoms with Crippen LogP contribution in [0.15, 0.2) is 23.1 Å². The average molecular weight is 367 g/mol. The van der Waals surface area contributed by atoms with Gasteiger partial charge in [-0.1, -0.05) is 24.0 Å². The van der Waals surface area contributed by atoms with Crippen LogP contribution in [-0.4, -0.2) is 48.5 Å². The van der Waals surface area contributed by atoms with Crippen molar-refractivity contribution >= 4 is 46.3 Å². The van der Waals surface area contributed by atoms with Crippen molar-refractivity contribution in [1.29, 1.82) is 0 Å². The molecule has 0 bridgehead atoms. The highest BCUT2D eigenvalue weighted by Gasteiger charge is 2.38. The monoisotopic (exact) mass is 367 g/mol. The molecule has 1 aliphatic heterocycles. The smallest absolute Gasteiger partial charge is 0.328 e. The number of nitrogens with zero attached hydrogens (tertiary/aromatic N) is 1. The third-order valence-corrected chi connectivity index (χ3v) is 4.81. The third-order valence-electron chi connectivity index (χ3n) is 3.48. The molecule has 24 heavy (non-hydrogen) atoms. The molecule has 0 radical (unpaired) electrons. The van der Waals surface area contributed by atoms with Gasteiger partial charge in [-0.05, 0) is 31.2 Å². The van der Waals surface area contributed by atoms with E-state index in [1.165, 1.54) is 12.0 Å². The van der Waals surface area contributed by atoms with Gasteiger partial charge in [0.05, 0.1) is 26.2 Å². The summed E-state index contributed by atoms with van der Waals surface area (Å²) in [6.07, 6.45) is 1.67. The van der Waals surface area contributed by atoms with Gasteiger partial charge < -0.3 is 14.2 Å². The van der Waals surface area contributed by atoms with Gasteiger partial charge in [-0.2, -0.15) is 0 Å². The van der Waals surface area contributed by atoms with Crippen molar-refractivity contribution in [2.75, 3.05) is 21.3 Å². The molecule has 128 valence electrons. The van der Waals surface area contributed by atoms with Crippen LogP contribution in [0.1, 0.15) is 12.5 Å². The van der Waals surface area contributed by atoms with Gasteiger partial charge in [-0.25, -0.2) is 4.79 Å². The Morgan fingerprint density at radius 2 is 2.00 bits per heavy atom. The fraction of sp³-hybridized carbons (Fsp3) is 0.312. The zero-order valence-electron chi connectivity index (χ0n) is 13.7. The van der Waals surface area contributed by atoms with Crippen molar-refractivity contribution in [1.82, 2.24) is 4.90 Å². The standard InChI is InChI=1S/C16H17NO5S2/c1-9(15(19)22-4)17-14(18)13(24-16(17)23)8-10-7-11(20-2)5-6-12(10)21-3/h5-9H,1-4H3/b13-8-. The predicted octanol–water partition coefficient (Wildman–Crippen LogP) is 2.47. The van der Waals surface area contributed by atoms with Gasteiger partial charge in [-0.3, -0.25) is 9.69 Å². The molecule has 1 unspecified atom stereocenters. The molecular formula is C16H17NO5S2. The van der Waals surface area contributed by atoms with Crippen LogP contribution >= 0.6 is 24.0 Å². The normalized spacial score (nSPS) is 17.2. The molecule has 0 N–H and O–H groups in total. The number of esters is 1. The highest BCUT2D eigenvalue weighted by molar-refractivity contribution is 8.26. The Hall–Kier alpha value is -2.06. The van der Waals surface area contributed by atoms with Crippen molar-refractivity contribution in [3.05, 3.63) is 28.7 Å². The van der Waals surface area contributed by atoms with Gasteiger partial charge in [0.1, 0.15) is 21.9 Å². The molecule has 1 aromatic carbocycles. The summed E-state index contributed by atoms with van der Waals surface area (Å²) < 4.78 is 15.5. The highest BCUT2D eigenvalue weighted by atomic mass is 32.2. The zero-order valence-corrected chi connectivity index (χ0v) is 15.3. The van der Waals surface area contributed by atoms with Gasteiger partial charge >= 0.3 is 5.97 Å². The Labute approximate surface area is 149 Å². The van der Waals surface area contributed by atoms with E-state index in [-0.39, 0.29) is 5.91 Å². The summed E-state index contributed by atoms with van der Waals surface area (Å²) in [5.41, 5.74) is 0.683. The van der Waals surface area contributed by atoms with E-state index in [0.717, 1.165) is 11.8 Å². The van der Waals surface area contributed by atoms with Crippen LogP contribution in [0.3, 0.4) is 0 Å². The number of methoxy groups -OCH3 is 3. The first-order valence-corrected chi connectivity index (χ1v) is 8.22. The Morgan fingerprint density at radius 1 is 1.29 bits per heavy atom. The summed E-state index contributed by atoms with van der Waals surface area (Å²) in [6.45, 7) is 1.58. The second-order valence-electron chi connectivity index (χ2n) is 4.86. The van der Waals surface area contributed by atoms with Gasteiger partial charge in [0.15, 0.2) is 0 Å². The second kappa shape index (κ2) is 7.67. The van der Waals surface area contributed by atoms with Crippen molar-refractivity contribution in [2.24, 2.45) is 0 Å². The number of thiocarbonyl (C=S) groups is 1. The van der Waals surface area contributed by atoms with Crippen molar-refractivity contribution in [3.8, 4) is 11.5 Å². The summed E-state index contributed by atoms with van der Waals surface area (Å²) in [4.78, 5) is 26.0. The van der Waals surface area contributed by atoms with E-state index >= 15 is 0 Å². The minimum atomic E-state index is -0.777. The van der Waals surface area contributed by atoms with Crippen LogP contribution < -0.4 is 9.47 Å². The van der Waals surface area contributed by atoms with Gasteiger partial charge in [0.2, 0.25) is 0 Å². The van der Waals surface area contributed by atoms with Crippen molar-refractivity contribution < 1.29 is 23.8 Å². The number of amides is 1. The number of thioether (sulfide) groups is 1. The van der Waals surface area contributed by atoms with Gasteiger partial charge in [0, 0.05) is 5.56 Å². The number of ether oxygens (including phenoxy) is 3. The second-order valence-corrected chi connectivity index (χ2v) is 6.53. The SMILES string of the molecule is COC(=O)C(C)N1C(=O)/C(=C/c2cc(OC)ccc2OC)SC1=S. The van der Waals surface area contributed by atoms with Crippen LogP contribution in [0.2, 0.25) is 0 Å². The Balaban J connectivity index is 2.37. The maximum atomic E-state index is 12.6. The Bertz CT molecular complexity index is 716. The molecule has 1 aromatic rings. The topological polar surface area (TPSA) is 65.1 Å². The van der Waals surface area contributed by atoms with E-state index in [1.807, 2.05) is 0 Å². The number of benzene rings is 1. The number of carbonyl (C=O) groups is 2. The lowest BCUT2D eigenvalue weighted by atomic mass is 10.1. The van der Waals surface area contributed by atoms with Crippen LogP contribution in [0.5, 0.6) is 11.5 Å². The number of hydrogen-bond donors (Lipinski definition) is 0. The maximum absolute atomic E-state index is 12.6. The van der Waals surface area contributed by atoms with Crippen molar-refractivity contribution in [3.63, 3.8) is 0 Å². The van der Waals surface area contributed by atoms with Crippen LogP contribution in [0.4, 0.5) is 0 Å². The van der Waals surface area contributed by atoms with E-state index in [1.54, 1.807) is 45.4 Å². The fourth-order valence-corrected chi connectivity index (χ4v) is 3.59. The Morgan fingerprint density at radius 3 is 2.58 bits per heavy atom. The summed E-state index contributed by atoms with van der Waals surface area (Å²) in [5.74, 6) is 0.377. The van der Waals surface area contributed by atoms with E-state index in [9.17, 15) is 9.59 Å². The molecule has 0 aliphatic carbocycles. The lowest BCUT2D eigenvalue weighted by Crippen LogP contribution is -2.42. The molecule has 1 saturated heterocycles. The summed E-state index contributed by atoms with van der Waals surface area (Å²) in [5, 5.41) is 0. The lowest BCUT2D eigenvalue weighted by Gasteiger charge is -2.20. The molecule has 0 saturated carbocycles. The number of rotatable bonds is 5. The van der Waals surface area contributed by atoms with E-state index < -0.39 is 12.0 Å². The first kappa shape index (κ1) is 18.3. The van der Waals surface area contributed by atoms with E-state index in [2.05, 4.69) is 4.74 Å². The number of hydrogen-bond acceptors (Lipinski definition) is 7.